The molecule has 1 aliphatic carbocycles. The fourth-order valence-corrected chi connectivity index (χ4v) is 7.72. The van der Waals surface area contributed by atoms with Gasteiger partial charge in [0.1, 0.15) is 12.6 Å². The first-order valence-corrected chi connectivity index (χ1v) is 17.4. The quantitative estimate of drug-likeness (QED) is 0.220. The van der Waals surface area contributed by atoms with E-state index in [0.29, 0.717) is 15.6 Å². The average Bonchev–Trinajstić information content (AvgIpc) is 2.99. The molecule has 12 heteroatoms. The van der Waals surface area contributed by atoms with Crippen molar-refractivity contribution < 1.29 is 18.0 Å². The Balaban J connectivity index is 1.77. The summed E-state index contributed by atoms with van der Waals surface area (Å²) in [5.41, 5.74) is 1.34. The number of hydrogen-bond acceptors (Lipinski definition) is 4. The van der Waals surface area contributed by atoms with Crippen molar-refractivity contribution in [2.24, 2.45) is 0 Å². The second-order valence-corrected chi connectivity index (χ2v) is 14.4. The highest BCUT2D eigenvalue weighted by atomic mass is 35.5. The number of hydrogen-bond donors (Lipinski definition) is 1. The van der Waals surface area contributed by atoms with Crippen LogP contribution in [-0.4, -0.2) is 43.8 Å². The van der Waals surface area contributed by atoms with Crippen molar-refractivity contribution in [2.45, 2.75) is 75.9 Å². The second kappa shape index (κ2) is 15.2. The van der Waals surface area contributed by atoms with Crippen LogP contribution in [-0.2, 0) is 26.2 Å². The first-order chi connectivity index (χ1) is 20.9. The predicted octanol–water partition coefficient (Wildman–Crippen LogP) is 8.06. The van der Waals surface area contributed by atoms with Gasteiger partial charge in [0.15, 0.2) is 0 Å². The Morgan fingerprint density at radius 2 is 1.55 bits per heavy atom. The lowest BCUT2D eigenvalue weighted by Gasteiger charge is -2.35. The van der Waals surface area contributed by atoms with Gasteiger partial charge in [-0.1, -0.05) is 96.4 Å². The minimum Gasteiger partial charge on any atom is -0.352 e. The van der Waals surface area contributed by atoms with Crippen LogP contribution in [0.1, 0.15) is 56.6 Å². The first kappa shape index (κ1) is 34.4. The van der Waals surface area contributed by atoms with Crippen molar-refractivity contribution >= 4 is 73.9 Å². The average molecular weight is 700 g/mol. The van der Waals surface area contributed by atoms with Gasteiger partial charge in [-0.2, -0.15) is 0 Å². The lowest BCUT2D eigenvalue weighted by atomic mass is 9.95. The molecule has 3 aromatic rings. The van der Waals surface area contributed by atoms with E-state index in [0.717, 1.165) is 42.0 Å². The summed E-state index contributed by atoms with van der Waals surface area (Å²) in [5, 5.41) is 4.07. The number of amides is 2. The van der Waals surface area contributed by atoms with Crippen LogP contribution in [0.25, 0.3) is 0 Å². The Morgan fingerprint density at radius 1 is 0.909 bits per heavy atom. The molecule has 0 heterocycles. The van der Waals surface area contributed by atoms with E-state index in [-0.39, 0.29) is 45.5 Å². The van der Waals surface area contributed by atoms with E-state index in [9.17, 15) is 18.0 Å². The molecule has 0 saturated heterocycles. The zero-order chi connectivity index (χ0) is 32.0. The Hall–Kier alpha value is -2.49. The number of carbonyl (C=O) groups excluding carboxylic acids is 2. The maximum absolute atomic E-state index is 14.4. The summed E-state index contributed by atoms with van der Waals surface area (Å²) < 4.78 is 29.1. The summed E-state index contributed by atoms with van der Waals surface area (Å²) in [6.45, 7) is 2.86. The van der Waals surface area contributed by atoms with E-state index >= 15 is 0 Å². The number of benzene rings is 3. The van der Waals surface area contributed by atoms with Gasteiger partial charge in [-0.25, -0.2) is 8.42 Å². The van der Waals surface area contributed by atoms with Crippen molar-refractivity contribution in [1.29, 1.82) is 0 Å². The van der Waals surface area contributed by atoms with Crippen LogP contribution in [0.2, 0.25) is 20.1 Å². The van der Waals surface area contributed by atoms with Gasteiger partial charge in [-0.15, -0.1) is 0 Å². The molecule has 7 nitrogen and oxygen atoms in total. The van der Waals surface area contributed by atoms with Crippen LogP contribution in [0.5, 0.6) is 0 Å². The maximum atomic E-state index is 14.4. The number of sulfonamides is 1. The molecule has 1 atom stereocenters. The summed E-state index contributed by atoms with van der Waals surface area (Å²) in [6, 6.07) is 14.7. The third kappa shape index (κ3) is 8.20. The molecule has 1 saturated carbocycles. The van der Waals surface area contributed by atoms with Crippen molar-refractivity contribution in [3.05, 3.63) is 91.9 Å². The number of anilines is 1. The van der Waals surface area contributed by atoms with Crippen molar-refractivity contribution in [2.75, 3.05) is 10.8 Å². The van der Waals surface area contributed by atoms with Gasteiger partial charge in [0, 0.05) is 33.2 Å². The van der Waals surface area contributed by atoms with E-state index in [1.165, 1.54) is 35.2 Å². The molecular weight excluding hydrogens is 664 g/mol. The van der Waals surface area contributed by atoms with Crippen molar-refractivity contribution in [3.63, 3.8) is 0 Å². The Labute approximate surface area is 279 Å². The normalized spacial score (nSPS) is 14.6. The number of aryl methyl sites for hydroxylation is 1. The third-order valence-electron chi connectivity index (χ3n) is 7.79. The highest BCUT2D eigenvalue weighted by molar-refractivity contribution is 7.92. The van der Waals surface area contributed by atoms with Crippen LogP contribution in [0.15, 0.2) is 65.6 Å². The maximum Gasteiger partial charge on any atom is 0.264 e. The number of halogens is 4. The molecule has 1 fully saturated rings. The molecular formula is C32H35Cl4N3O4S. The minimum atomic E-state index is -4.31. The summed E-state index contributed by atoms with van der Waals surface area (Å²) >= 11 is 25.8. The molecule has 0 radical (unpaired) electrons. The van der Waals surface area contributed by atoms with Crippen LogP contribution >= 0.6 is 46.4 Å². The topological polar surface area (TPSA) is 86.8 Å². The lowest BCUT2D eigenvalue weighted by molar-refractivity contribution is -0.140. The van der Waals surface area contributed by atoms with E-state index in [4.69, 9.17) is 46.4 Å². The van der Waals surface area contributed by atoms with Gasteiger partial charge in [0.25, 0.3) is 10.0 Å². The molecule has 0 spiro atoms. The van der Waals surface area contributed by atoms with Gasteiger partial charge < -0.3 is 10.2 Å². The van der Waals surface area contributed by atoms with Gasteiger partial charge in [0.05, 0.1) is 15.6 Å². The smallest absolute Gasteiger partial charge is 0.264 e. The third-order valence-corrected chi connectivity index (χ3v) is 10.8. The van der Waals surface area contributed by atoms with Crippen LogP contribution < -0.4 is 9.62 Å². The van der Waals surface area contributed by atoms with Gasteiger partial charge in [-0.3, -0.25) is 13.9 Å². The largest absolute Gasteiger partial charge is 0.352 e. The van der Waals surface area contributed by atoms with Crippen LogP contribution in [0, 0.1) is 6.92 Å². The SMILES string of the molecule is CCC(C(=O)NC1CCCCC1)N(Cc1c(Cl)cccc1Cl)C(=O)CN(c1cc(Cl)ccc1Cl)S(=O)(=O)c1ccc(C)cc1. The summed E-state index contributed by atoms with van der Waals surface area (Å²) in [4.78, 5) is 29.4. The standard InChI is InChI=1S/C32H35Cl4N3O4S/c1-3-29(32(41)37-23-8-5-4-6-9-23)38(19-25-26(34)10-7-11-27(25)35)31(40)20-39(30-18-22(33)14-17-28(30)36)44(42,43)24-15-12-21(2)13-16-24/h7,10-18,23,29H,3-6,8-9,19-20H2,1-2H3,(H,37,41). The molecule has 0 bridgehead atoms. The van der Waals surface area contributed by atoms with Crippen LogP contribution in [0.4, 0.5) is 5.69 Å². The zero-order valence-electron chi connectivity index (χ0n) is 24.5. The summed E-state index contributed by atoms with van der Waals surface area (Å²) in [5.74, 6) is -0.956. The number of carbonyl (C=O) groups is 2. The van der Waals surface area contributed by atoms with Gasteiger partial charge in [0.2, 0.25) is 11.8 Å². The van der Waals surface area contributed by atoms with Gasteiger partial charge >= 0.3 is 0 Å². The molecule has 0 aromatic heterocycles. The molecule has 1 aliphatic rings. The molecule has 2 amide bonds. The molecule has 1 N–H and O–H groups in total. The fourth-order valence-electron chi connectivity index (χ4n) is 5.35. The summed E-state index contributed by atoms with van der Waals surface area (Å²) in [6.07, 6.45) is 5.16. The molecule has 1 unspecified atom stereocenters. The number of nitrogens with one attached hydrogen (secondary N) is 1. The minimum absolute atomic E-state index is 0.00911. The Morgan fingerprint density at radius 3 is 2.16 bits per heavy atom. The molecule has 236 valence electrons. The zero-order valence-corrected chi connectivity index (χ0v) is 28.4. The Bertz CT molecular complexity index is 1580. The van der Waals surface area contributed by atoms with Crippen molar-refractivity contribution in [3.8, 4) is 0 Å². The van der Waals surface area contributed by atoms with Crippen LogP contribution in [0.3, 0.4) is 0 Å². The van der Waals surface area contributed by atoms with Gasteiger partial charge in [-0.05, 0) is 68.7 Å². The highest BCUT2D eigenvalue weighted by Gasteiger charge is 2.35. The highest BCUT2D eigenvalue weighted by Crippen LogP contribution is 2.34. The number of rotatable bonds is 11. The molecule has 44 heavy (non-hydrogen) atoms. The van der Waals surface area contributed by atoms with E-state index in [1.54, 1.807) is 37.3 Å². The van der Waals surface area contributed by atoms with E-state index in [2.05, 4.69) is 5.32 Å². The molecule has 3 aromatic carbocycles. The monoisotopic (exact) mass is 697 g/mol. The van der Waals surface area contributed by atoms with Crippen molar-refractivity contribution in [1.82, 2.24) is 10.2 Å². The van der Waals surface area contributed by atoms with E-state index in [1.807, 2.05) is 6.92 Å². The Kier molecular flexibility index (Phi) is 11.9. The molecule has 0 aliphatic heterocycles. The van der Waals surface area contributed by atoms with E-state index < -0.39 is 28.5 Å². The fraction of sp³-hybridized carbons (Fsp3) is 0.375. The predicted molar refractivity (Wildman–Crippen MR) is 178 cm³/mol. The molecule has 4 rings (SSSR count). The first-order valence-electron chi connectivity index (χ1n) is 14.5. The second-order valence-electron chi connectivity index (χ2n) is 10.9. The number of nitrogens with zero attached hydrogens (tertiary/aromatic N) is 2. The lowest BCUT2D eigenvalue weighted by Crippen LogP contribution is -2.54. The summed E-state index contributed by atoms with van der Waals surface area (Å²) in [7, 11) is -4.31.